The molecule has 2 aromatic carbocycles. The lowest BCUT2D eigenvalue weighted by Gasteiger charge is -2.08. The molecule has 0 radical (unpaired) electrons. The Hall–Kier alpha value is -3.74. The van der Waals surface area contributed by atoms with Gasteiger partial charge in [0.15, 0.2) is 0 Å². The molecule has 0 bridgehead atoms. The number of amides is 2. The third-order valence-electron chi connectivity index (χ3n) is 4.01. The maximum Gasteiger partial charge on any atom is 0.323 e. The molecular weight excluding hydrogens is 345 g/mol. The zero-order chi connectivity index (χ0) is 18.8. The molecule has 2 aromatic heterocycles. The summed E-state index contributed by atoms with van der Waals surface area (Å²) >= 11 is 0. The van der Waals surface area contributed by atoms with Gasteiger partial charge >= 0.3 is 6.03 Å². The molecule has 0 spiro atoms. The first-order chi connectivity index (χ1) is 13.1. The van der Waals surface area contributed by atoms with Crippen LogP contribution in [0.25, 0.3) is 17.0 Å². The van der Waals surface area contributed by atoms with Crippen molar-refractivity contribution < 1.29 is 9.18 Å². The zero-order valence-electron chi connectivity index (χ0n) is 14.5. The average molecular weight is 361 g/mol. The number of halogens is 1. The van der Waals surface area contributed by atoms with Gasteiger partial charge in [0.25, 0.3) is 0 Å². The first-order valence-electron chi connectivity index (χ1n) is 8.33. The average Bonchev–Trinajstić information content (AvgIpc) is 3.07. The molecule has 2 N–H and O–H groups in total. The van der Waals surface area contributed by atoms with Crippen molar-refractivity contribution in [3.05, 3.63) is 78.5 Å². The van der Waals surface area contributed by atoms with Gasteiger partial charge in [0.1, 0.15) is 5.82 Å². The third kappa shape index (κ3) is 3.77. The molecule has 0 atom stereocenters. The summed E-state index contributed by atoms with van der Waals surface area (Å²) in [5.41, 5.74) is 3.78. The van der Waals surface area contributed by atoms with Crippen LogP contribution < -0.4 is 10.6 Å². The van der Waals surface area contributed by atoms with E-state index in [0.29, 0.717) is 17.2 Å². The van der Waals surface area contributed by atoms with E-state index in [-0.39, 0.29) is 5.82 Å². The van der Waals surface area contributed by atoms with Crippen molar-refractivity contribution in [3.8, 4) is 11.3 Å². The fourth-order valence-corrected chi connectivity index (χ4v) is 2.65. The molecule has 4 aromatic rings. The maximum atomic E-state index is 12.9. The Balaban J connectivity index is 1.46. The normalized spacial score (nSPS) is 10.7. The number of benzene rings is 2. The minimum absolute atomic E-state index is 0.353. The molecule has 7 heteroatoms. The van der Waals surface area contributed by atoms with E-state index < -0.39 is 6.03 Å². The summed E-state index contributed by atoms with van der Waals surface area (Å²) in [4.78, 5) is 20.9. The molecule has 134 valence electrons. The fourth-order valence-electron chi connectivity index (χ4n) is 2.65. The molecule has 0 aliphatic carbocycles. The number of imidazole rings is 1. The predicted octanol–water partition coefficient (Wildman–Crippen LogP) is 4.49. The highest BCUT2D eigenvalue weighted by atomic mass is 19.1. The number of aryl methyl sites for hydroxylation is 1. The molecule has 0 aliphatic heterocycles. The summed E-state index contributed by atoms with van der Waals surface area (Å²) in [6.07, 6.45) is 3.83. The van der Waals surface area contributed by atoms with Crippen molar-refractivity contribution in [1.82, 2.24) is 14.4 Å². The first kappa shape index (κ1) is 16.7. The van der Waals surface area contributed by atoms with E-state index in [2.05, 4.69) is 20.6 Å². The largest absolute Gasteiger partial charge is 0.323 e. The number of nitrogens with zero attached hydrogens (tertiary/aromatic N) is 3. The fraction of sp³-hybridized carbons (Fsp3) is 0.0500. The van der Waals surface area contributed by atoms with E-state index in [9.17, 15) is 9.18 Å². The number of carbonyl (C=O) groups is 1. The number of urea groups is 1. The minimum atomic E-state index is -0.401. The molecule has 4 rings (SSSR count). The number of hydrogen-bond acceptors (Lipinski definition) is 3. The number of nitrogens with one attached hydrogen (secondary N) is 2. The lowest BCUT2D eigenvalue weighted by molar-refractivity contribution is 0.262. The van der Waals surface area contributed by atoms with Crippen LogP contribution in [0.2, 0.25) is 0 Å². The van der Waals surface area contributed by atoms with E-state index in [4.69, 9.17) is 0 Å². The number of anilines is 2. The highest BCUT2D eigenvalue weighted by molar-refractivity contribution is 5.99. The van der Waals surface area contributed by atoms with Crippen molar-refractivity contribution in [2.24, 2.45) is 0 Å². The lowest BCUT2D eigenvalue weighted by atomic mass is 10.1. The summed E-state index contributed by atoms with van der Waals surface area (Å²) in [6, 6.07) is 14.4. The van der Waals surface area contributed by atoms with Crippen molar-refractivity contribution in [2.75, 3.05) is 10.6 Å². The molecule has 0 saturated carbocycles. The molecule has 6 nitrogen and oxygen atoms in total. The summed E-state index contributed by atoms with van der Waals surface area (Å²) in [7, 11) is 0. The SMILES string of the molecule is Cc1ccn2cc(-c3ccc(NC(=O)Nc4ccc(F)cc4)cc3)nc2n1. The molecule has 2 amide bonds. The predicted molar refractivity (Wildman–Crippen MR) is 102 cm³/mol. The van der Waals surface area contributed by atoms with Crippen LogP contribution in [0.3, 0.4) is 0 Å². The molecular formula is C20H16FN5O. The van der Waals surface area contributed by atoms with Crippen molar-refractivity contribution in [2.45, 2.75) is 6.92 Å². The summed E-state index contributed by atoms with van der Waals surface area (Å²) in [5, 5.41) is 5.38. The van der Waals surface area contributed by atoms with Crippen LogP contribution >= 0.6 is 0 Å². The topological polar surface area (TPSA) is 71.3 Å². The van der Waals surface area contributed by atoms with Gasteiger partial charge in [-0.2, -0.15) is 0 Å². The zero-order valence-corrected chi connectivity index (χ0v) is 14.5. The summed E-state index contributed by atoms with van der Waals surface area (Å²) < 4.78 is 14.8. The second-order valence-electron chi connectivity index (χ2n) is 6.07. The van der Waals surface area contributed by atoms with E-state index in [1.807, 2.05) is 41.9 Å². The van der Waals surface area contributed by atoms with E-state index in [1.165, 1.54) is 24.3 Å². The minimum Gasteiger partial charge on any atom is -0.308 e. The van der Waals surface area contributed by atoms with Gasteiger partial charge < -0.3 is 10.6 Å². The van der Waals surface area contributed by atoms with Crippen molar-refractivity contribution >= 4 is 23.2 Å². The van der Waals surface area contributed by atoms with Gasteiger partial charge in [0, 0.05) is 35.0 Å². The van der Waals surface area contributed by atoms with Gasteiger partial charge in [-0.05, 0) is 49.4 Å². The lowest BCUT2D eigenvalue weighted by Crippen LogP contribution is -2.19. The smallest absolute Gasteiger partial charge is 0.308 e. The van der Waals surface area contributed by atoms with Crippen LogP contribution in [0.1, 0.15) is 5.69 Å². The van der Waals surface area contributed by atoms with Gasteiger partial charge in [-0.3, -0.25) is 4.40 Å². The Kier molecular flexibility index (Phi) is 4.25. The van der Waals surface area contributed by atoms with Crippen LogP contribution in [0.4, 0.5) is 20.6 Å². The number of fused-ring (bicyclic) bond motifs is 1. The summed E-state index contributed by atoms with van der Waals surface area (Å²) in [6.45, 7) is 1.92. The Morgan fingerprint density at radius 1 is 0.926 bits per heavy atom. The Bertz CT molecular complexity index is 1100. The van der Waals surface area contributed by atoms with Crippen molar-refractivity contribution in [3.63, 3.8) is 0 Å². The van der Waals surface area contributed by atoms with Gasteiger partial charge in [0.05, 0.1) is 5.69 Å². The van der Waals surface area contributed by atoms with Crippen LogP contribution in [-0.4, -0.2) is 20.4 Å². The van der Waals surface area contributed by atoms with Gasteiger partial charge in [-0.25, -0.2) is 19.2 Å². The third-order valence-corrected chi connectivity index (χ3v) is 4.01. The highest BCUT2D eigenvalue weighted by Crippen LogP contribution is 2.21. The number of aromatic nitrogens is 3. The van der Waals surface area contributed by atoms with Gasteiger partial charge in [-0.1, -0.05) is 12.1 Å². The molecule has 0 fully saturated rings. The first-order valence-corrected chi connectivity index (χ1v) is 8.33. The monoisotopic (exact) mass is 361 g/mol. The summed E-state index contributed by atoms with van der Waals surface area (Å²) in [5.74, 6) is 0.291. The Morgan fingerprint density at radius 3 is 2.22 bits per heavy atom. The number of carbonyl (C=O) groups excluding carboxylic acids is 1. The van der Waals surface area contributed by atoms with Gasteiger partial charge in [0.2, 0.25) is 5.78 Å². The van der Waals surface area contributed by atoms with Crippen LogP contribution in [-0.2, 0) is 0 Å². The molecule has 2 heterocycles. The molecule has 27 heavy (non-hydrogen) atoms. The standard InChI is InChI=1S/C20H16FN5O/c1-13-10-11-26-12-18(25-19(26)22-13)14-2-6-16(7-3-14)23-20(27)24-17-8-4-15(21)5-9-17/h2-12H,1H3,(H2,23,24,27). The number of hydrogen-bond donors (Lipinski definition) is 2. The second-order valence-corrected chi connectivity index (χ2v) is 6.07. The van der Waals surface area contributed by atoms with Crippen LogP contribution in [0.15, 0.2) is 67.0 Å². The van der Waals surface area contributed by atoms with Crippen LogP contribution in [0, 0.1) is 12.7 Å². The molecule has 0 aliphatic rings. The van der Waals surface area contributed by atoms with Crippen molar-refractivity contribution in [1.29, 1.82) is 0 Å². The van der Waals surface area contributed by atoms with Gasteiger partial charge in [-0.15, -0.1) is 0 Å². The van der Waals surface area contributed by atoms with E-state index >= 15 is 0 Å². The Morgan fingerprint density at radius 2 is 1.56 bits per heavy atom. The second kappa shape index (κ2) is 6.87. The van der Waals surface area contributed by atoms with Crippen LogP contribution in [0.5, 0.6) is 0 Å². The number of rotatable bonds is 3. The molecule has 0 saturated heterocycles. The maximum absolute atomic E-state index is 12.9. The van der Waals surface area contributed by atoms with E-state index in [1.54, 1.807) is 12.1 Å². The van der Waals surface area contributed by atoms with E-state index in [0.717, 1.165) is 17.0 Å². The highest BCUT2D eigenvalue weighted by Gasteiger charge is 2.07. The molecule has 0 unspecified atom stereocenters. The quantitative estimate of drug-likeness (QED) is 0.565. The Labute approximate surface area is 154 Å².